The third-order valence-electron chi connectivity index (χ3n) is 4.25. The van der Waals surface area contributed by atoms with E-state index in [4.69, 9.17) is 25.5 Å². The van der Waals surface area contributed by atoms with Gasteiger partial charge in [-0.05, 0) is 61.9 Å². The number of carbonyl (C=O) groups excluding carboxylic acids is 1. The number of carbonyl (C=O) groups is 1. The van der Waals surface area contributed by atoms with Crippen LogP contribution < -0.4 is 14.4 Å². The van der Waals surface area contributed by atoms with Gasteiger partial charge in [0.15, 0.2) is 11.5 Å². The first-order valence-corrected chi connectivity index (χ1v) is 9.97. The summed E-state index contributed by atoms with van der Waals surface area (Å²) in [6, 6.07) is 16.6. The Bertz CT molecular complexity index is 998. The van der Waals surface area contributed by atoms with Gasteiger partial charge in [-0.2, -0.15) is 0 Å². The average Bonchev–Trinajstić information content (AvgIpc) is 3.25. The molecule has 0 bridgehead atoms. The SMILES string of the molecule is COc1cc(/C=C/C(=O)N(Cc2ccco2)c2ccccc2)cc(Cl)c1OC(C)C. The van der Waals surface area contributed by atoms with E-state index in [-0.39, 0.29) is 12.0 Å². The quantitative estimate of drug-likeness (QED) is 0.417. The number of furan rings is 1. The first-order chi connectivity index (χ1) is 14.5. The molecule has 0 spiro atoms. The predicted molar refractivity (Wildman–Crippen MR) is 119 cm³/mol. The van der Waals surface area contributed by atoms with E-state index in [1.165, 1.54) is 6.08 Å². The van der Waals surface area contributed by atoms with Crippen LogP contribution in [0.15, 0.2) is 71.4 Å². The van der Waals surface area contributed by atoms with Crippen LogP contribution in [0.5, 0.6) is 11.5 Å². The lowest BCUT2D eigenvalue weighted by molar-refractivity contribution is -0.114. The number of para-hydroxylation sites is 1. The molecule has 0 aliphatic rings. The van der Waals surface area contributed by atoms with Crippen LogP contribution in [-0.2, 0) is 11.3 Å². The Balaban J connectivity index is 1.85. The Morgan fingerprint density at radius 1 is 1.17 bits per heavy atom. The second-order valence-corrected chi connectivity index (χ2v) is 7.28. The van der Waals surface area contributed by atoms with Crippen LogP contribution in [0.25, 0.3) is 6.08 Å². The van der Waals surface area contributed by atoms with E-state index in [9.17, 15) is 4.79 Å². The van der Waals surface area contributed by atoms with Gasteiger partial charge in [0, 0.05) is 11.8 Å². The molecule has 1 amide bonds. The zero-order chi connectivity index (χ0) is 21.5. The first-order valence-electron chi connectivity index (χ1n) is 9.59. The van der Waals surface area contributed by atoms with Gasteiger partial charge in [-0.25, -0.2) is 0 Å². The largest absolute Gasteiger partial charge is 0.493 e. The predicted octanol–water partition coefficient (Wildman–Crippen LogP) is 5.98. The monoisotopic (exact) mass is 425 g/mol. The number of anilines is 1. The molecular weight excluding hydrogens is 402 g/mol. The van der Waals surface area contributed by atoms with Crippen molar-refractivity contribution in [3.8, 4) is 11.5 Å². The minimum absolute atomic E-state index is 0.0413. The molecule has 30 heavy (non-hydrogen) atoms. The van der Waals surface area contributed by atoms with E-state index in [0.717, 1.165) is 11.3 Å². The summed E-state index contributed by atoms with van der Waals surface area (Å²) >= 11 is 6.38. The number of halogens is 1. The van der Waals surface area contributed by atoms with Crippen molar-refractivity contribution in [2.75, 3.05) is 12.0 Å². The lowest BCUT2D eigenvalue weighted by atomic mass is 10.1. The van der Waals surface area contributed by atoms with E-state index in [1.54, 1.807) is 42.5 Å². The van der Waals surface area contributed by atoms with Gasteiger partial charge in [-0.3, -0.25) is 4.79 Å². The van der Waals surface area contributed by atoms with Gasteiger partial charge in [0.05, 0.1) is 31.0 Å². The Morgan fingerprint density at radius 2 is 1.93 bits per heavy atom. The van der Waals surface area contributed by atoms with Crippen molar-refractivity contribution in [2.45, 2.75) is 26.5 Å². The fraction of sp³-hybridized carbons (Fsp3) is 0.208. The topological polar surface area (TPSA) is 51.9 Å². The van der Waals surface area contributed by atoms with Gasteiger partial charge in [-0.15, -0.1) is 0 Å². The molecule has 0 N–H and O–H groups in total. The molecule has 3 aromatic rings. The number of methoxy groups -OCH3 is 1. The summed E-state index contributed by atoms with van der Waals surface area (Å²) in [5, 5.41) is 0.422. The minimum Gasteiger partial charge on any atom is -0.493 e. The molecule has 5 nitrogen and oxygen atoms in total. The number of hydrogen-bond donors (Lipinski definition) is 0. The van der Waals surface area contributed by atoms with Crippen molar-refractivity contribution in [1.29, 1.82) is 0 Å². The van der Waals surface area contributed by atoms with Gasteiger partial charge in [0.2, 0.25) is 0 Å². The second kappa shape index (κ2) is 10.0. The van der Waals surface area contributed by atoms with Crippen LogP contribution in [0.4, 0.5) is 5.69 Å². The highest BCUT2D eigenvalue weighted by Crippen LogP contribution is 2.37. The van der Waals surface area contributed by atoms with Gasteiger partial charge < -0.3 is 18.8 Å². The lowest BCUT2D eigenvalue weighted by Gasteiger charge is -2.20. The Labute approximate surface area is 181 Å². The normalized spacial score (nSPS) is 11.1. The first kappa shape index (κ1) is 21.5. The van der Waals surface area contributed by atoms with Crippen LogP contribution >= 0.6 is 11.6 Å². The van der Waals surface area contributed by atoms with Crippen LogP contribution in [0.1, 0.15) is 25.2 Å². The maximum atomic E-state index is 13.0. The fourth-order valence-corrected chi connectivity index (χ4v) is 3.17. The standard InChI is InChI=1S/C24H24ClNO4/c1-17(2)30-24-21(25)14-18(15-22(24)28-3)11-12-23(27)26(16-20-10-7-13-29-20)19-8-5-4-6-9-19/h4-15,17H,16H2,1-3H3/b12-11+. The highest BCUT2D eigenvalue weighted by Gasteiger charge is 2.16. The molecule has 0 aliphatic heterocycles. The maximum absolute atomic E-state index is 13.0. The molecule has 0 fully saturated rings. The molecule has 0 aliphatic carbocycles. The van der Waals surface area contributed by atoms with Crippen molar-refractivity contribution in [3.63, 3.8) is 0 Å². The second-order valence-electron chi connectivity index (χ2n) is 6.87. The van der Waals surface area contributed by atoms with Crippen LogP contribution in [0.2, 0.25) is 5.02 Å². The molecular formula is C24H24ClNO4. The Hall–Kier alpha value is -3.18. The van der Waals surface area contributed by atoms with Crippen molar-refractivity contribution in [3.05, 3.63) is 83.3 Å². The van der Waals surface area contributed by atoms with E-state index in [2.05, 4.69) is 0 Å². The third-order valence-corrected chi connectivity index (χ3v) is 4.53. The number of nitrogens with zero attached hydrogens (tertiary/aromatic N) is 1. The van der Waals surface area contributed by atoms with Crippen LogP contribution in [0, 0.1) is 0 Å². The summed E-state index contributed by atoms with van der Waals surface area (Å²) in [6.07, 6.45) is 4.76. The molecule has 2 aromatic carbocycles. The molecule has 1 heterocycles. The molecule has 0 atom stereocenters. The Kier molecular flexibility index (Phi) is 7.20. The number of hydrogen-bond acceptors (Lipinski definition) is 4. The number of ether oxygens (including phenoxy) is 2. The maximum Gasteiger partial charge on any atom is 0.251 e. The smallest absolute Gasteiger partial charge is 0.251 e. The lowest BCUT2D eigenvalue weighted by Crippen LogP contribution is -2.28. The highest BCUT2D eigenvalue weighted by atomic mass is 35.5. The summed E-state index contributed by atoms with van der Waals surface area (Å²) in [7, 11) is 1.55. The zero-order valence-corrected chi connectivity index (χ0v) is 17.9. The summed E-state index contributed by atoms with van der Waals surface area (Å²) in [5.41, 5.74) is 1.51. The van der Waals surface area contributed by atoms with Gasteiger partial charge in [0.25, 0.3) is 5.91 Å². The van der Waals surface area contributed by atoms with Gasteiger partial charge in [-0.1, -0.05) is 29.8 Å². The molecule has 6 heteroatoms. The average molecular weight is 426 g/mol. The van der Waals surface area contributed by atoms with E-state index >= 15 is 0 Å². The minimum atomic E-state index is -0.185. The summed E-state index contributed by atoms with van der Waals surface area (Å²) < 4.78 is 16.6. The van der Waals surface area contributed by atoms with Crippen LogP contribution in [-0.4, -0.2) is 19.1 Å². The highest BCUT2D eigenvalue weighted by molar-refractivity contribution is 6.32. The summed E-state index contributed by atoms with van der Waals surface area (Å²) in [6.45, 7) is 4.16. The van der Waals surface area contributed by atoms with Crippen molar-refractivity contribution >= 4 is 29.3 Å². The zero-order valence-electron chi connectivity index (χ0n) is 17.2. The molecule has 156 valence electrons. The third kappa shape index (κ3) is 5.45. The van der Waals surface area contributed by atoms with Crippen molar-refractivity contribution in [1.82, 2.24) is 0 Å². The molecule has 0 saturated heterocycles. The molecule has 0 radical (unpaired) electrons. The number of benzene rings is 2. The van der Waals surface area contributed by atoms with E-state index in [0.29, 0.717) is 28.8 Å². The van der Waals surface area contributed by atoms with Crippen molar-refractivity contribution < 1.29 is 18.7 Å². The summed E-state index contributed by atoms with van der Waals surface area (Å²) in [4.78, 5) is 14.6. The fourth-order valence-electron chi connectivity index (χ4n) is 2.91. The Morgan fingerprint density at radius 3 is 2.57 bits per heavy atom. The number of rotatable bonds is 8. The molecule has 1 aromatic heterocycles. The van der Waals surface area contributed by atoms with E-state index < -0.39 is 0 Å². The van der Waals surface area contributed by atoms with Gasteiger partial charge >= 0.3 is 0 Å². The van der Waals surface area contributed by atoms with Crippen molar-refractivity contribution in [2.24, 2.45) is 0 Å². The summed E-state index contributed by atoms with van der Waals surface area (Å²) in [5.74, 6) is 1.51. The van der Waals surface area contributed by atoms with Gasteiger partial charge in [0.1, 0.15) is 5.76 Å². The number of amides is 1. The molecule has 0 saturated carbocycles. The molecule has 0 unspecified atom stereocenters. The molecule has 3 rings (SSSR count). The van der Waals surface area contributed by atoms with Crippen LogP contribution in [0.3, 0.4) is 0 Å². The van der Waals surface area contributed by atoms with E-state index in [1.807, 2.05) is 50.2 Å².